The van der Waals surface area contributed by atoms with Gasteiger partial charge in [-0.2, -0.15) is 0 Å². The second-order valence-electron chi connectivity index (χ2n) is 10.2. The van der Waals surface area contributed by atoms with Gasteiger partial charge >= 0.3 is 0 Å². The monoisotopic (exact) mass is 474 g/mol. The van der Waals surface area contributed by atoms with Crippen LogP contribution in [0.3, 0.4) is 0 Å². The summed E-state index contributed by atoms with van der Waals surface area (Å²) < 4.78 is 7.54. The van der Waals surface area contributed by atoms with E-state index in [1.807, 2.05) is 48.1 Å². The van der Waals surface area contributed by atoms with Gasteiger partial charge in [0.25, 0.3) is 11.7 Å². The molecule has 0 radical (unpaired) electrons. The zero-order valence-electron chi connectivity index (χ0n) is 21.4. The number of benzene rings is 2. The summed E-state index contributed by atoms with van der Waals surface area (Å²) >= 11 is 0. The number of aliphatic hydroxyl groups is 1. The van der Waals surface area contributed by atoms with E-state index in [2.05, 4.69) is 27.7 Å². The Morgan fingerprint density at radius 2 is 1.83 bits per heavy atom. The van der Waals surface area contributed by atoms with E-state index in [4.69, 9.17) is 4.74 Å². The number of fused-ring (bicyclic) bond motifs is 1. The van der Waals surface area contributed by atoms with Crippen LogP contribution in [0.15, 0.2) is 54.2 Å². The largest absolute Gasteiger partial charge is 0.507 e. The summed E-state index contributed by atoms with van der Waals surface area (Å²) in [5.41, 5.74) is 3.13. The first-order chi connectivity index (χ1) is 16.6. The minimum atomic E-state index is -0.659. The number of hydrogen-bond acceptors (Lipinski definition) is 4. The molecule has 1 aliphatic heterocycles. The highest BCUT2D eigenvalue weighted by atomic mass is 16.5. The van der Waals surface area contributed by atoms with Gasteiger partial charge in [-0.25, -0.2) is 0 Å². The molecular formula is C29H34N2O4. The van der Waals surface area contributed by atoms with E-state index in [0.717, 1.165) is 34.9 Å². The number of Topliss-reactive ketones (excluding diaryl/α,β-unsaturated/α-hetero) is 1. The van der Waals surface area contributed by atoms with Crippen molar-refractivity contribution in [1.82, 2.24) is 9.47 Å². The maximum Gasteiger partial charge on any atom is 0.295 e. The predicted octanol–water partition coefficient (Wildman–Crippen LogP) is 5.71. The van der Waals surface area contributed by atoms with E-state index in [1.165, 1.54) is 0 Å². The molecule has 6 nitrogen and oxygen atoms in total. The van der Waals surface area contributed by atoms with E-state index < -0.39 is 17.7 Å². The molecule has 0 bridgehead atoms. The molecule has 1 fully saturated rings. The zero-order valence-corrected chi connectivity index (χ0v) is 21.4. The zero-order chi connectivity index (χ0) is 25.5. The normalized spacial score (nSPS) is 18.0. The second kappa shape index (κ2) is 9.25. The molecule has 2 aromatic carbocycles. The van der Waals surface area contributed by atoms with Crippen molar-refractivity contribution in [3.8, 4) is 5.75 Å². The number of rotatable bonds is 6. The van der Waals surface area contributed by atoms with Crippen LogP contribution in [0.1, 0.15) is 63.3 Å². The predicted molar refractivity (Wildman–Crippen MR) is 139 cm³/mol. The lowest BCUT2D eigenvalue weighted by Gasteiger charge is -2.25. The summed E-state index contributed by atoms with van der Waals surface area (Å²) in [6.45, 7) is 8.69. The third-order valence-electron chi connectivity index (χ3n) is 6.80. The quantitative estimate of drug-likeness (QED) is 0.282. The first-order valence-corrected chi connectivity index (χ1v) is 12.1. The summed E-state index contributed by atoms with van der Waals surface area (Å²) in [5.74, 6) is -0.663. The van der Waals surface area contributed by atoms with Gasteiger partial charge < -0.3 is 19.3 Å². The average molecular weight is 475 g/mol. The number of unbranched alkanes of at least 4 members (excludes halogenated alkanes) is 1. The number of aryl methyl sites for hydroxylation is 1. The first kappa shape index (κ1) is 24.6. The van der Waals surface area contributed by atoms with Crippen LogP contribution in [0.2, 0.25) is 0 Å². The molecule has 1 aromatic heterocycles. The van der Waals surface area contributed by atoms with Gasteiger partial charge in [-0.05, 0) is 36.1 Å². The summed E-state index contributed by atoms with van der Waals surface area (Å²) in [5, 5.41) is 12.5. The SMILES string of the molecule is CCCCN1C(=O)C(=O)/C(=C(/O)c2ccc(OC)c(C(C)(C)C)c2)C1c1cn(C)c2ccccc12. The molecule has 1 aliphatic rings. The Balaban J connectivity index is 1.96. The van der Waals surface area contributed by atoms with E-state index >= 15 is 0 Å². The highest BCUT2D eigenvalue weighted by Crippen LogP contribution is 2.43. The third kappa shape index (κ3) is 4.22. The average Bonchev–Trinajstić information content (AvgIpc) is 3.29. The highest BCUT2D eigenvalue weighted by molar-refractivity contribution is 6.46. The molecule has 6 heteroatoms. The van der Waals surface area contributed by atoms with Gasteiger partial charge in [-0.15, -0.1) is 0 Å². The van der Waals surface area contributed by atoms with Crippen LogP contribution in [0.25, 0.3) is 16.7 Å². The smallest absolute Gasteiger partial charge is 0.295 e. The number of amides is 1. The van der Waals surface area contributed by atoms with Crippen molar-refractivity contribution in [2.75, 3.05) is 13.7 Å². The third-order valence-corrected chi connectivity index (χ3v) is 6.80. The number of ketones is 1. The topological polar surface area (TPSA) is 71.8 Å². The number of nitrogens with zero attached hydrogens (tertiary/aromatic N) is 2. The fraction of sp³-hybridized carbons (Fsp3) is 0.379. The van der Waals surface area contributed by atoms with Crippen molar-refractivity contribution >= 4 is 28.4 Å². The molecule has 3 aromatic rings. The molecule has 1 unspecified atom stereocenters. The summed E-state index contributed by atoms with van der Waals surface area (Å²) in [7, 11) is 3.56. The van der Waals surface area contributed by atoms with Crippen LogP contribution in [0, 0.1) is 0 Å². The lowest BCUT2D eigenvalue weighted by Crippen LogP contribution is -2.30. The van der Waals surface area contributed by atoms with Crippen LogP contribution in [0.5, 0.6) is 5.75 Å². The summed E-state index contributed by atoms with van der Waals surface area (Å²) in [6, 6.07) is 12.7. The van der Waals surface area contributed by atoms with Crippen LogP contribution in [-0.2, 0) is 22.1 Å². The van der Waals surface area contributed by atoms with Crippen molar-refractivity contribution in [3.63, 3.8) is 0 Å². The van der Waals surface area contributed by atoms with Crippen molar-refractivity contribution in [3.05, 3.63) is 70.9 Å². The van der Waals surface area contributed by atoms with Gasteiger partial charge in [-0.1, -0.05) is 52.3 Å². The van der Waals surface area contributed by atoms with Gasteiger partial charge in [0.05, 0.1) is 18.7 Å². The number of ether oxygens (including phenoxy) is 1. The van der Waals surface area contributed by atoms with Gasteiger partial charge in [0, 0.05) is 47.4 Å². The van der Waals surface area contributed by atoms with Crippen LogP contribution >= 0.6 is 0 Å². The summed E-state index contributed by atoms with van der Waals surface area (Å²) in [6.07, 6.45) is 3.62. The molecule has 4 rings (SSSR count). The molecule has 0 saturated carbocycles. The Morgan fingerprint density at radius 1 is 1.11 bits per heavy atom. The number of aromatic nitrogens is 1. The lowest BCUT2D eigenvalue weighted by atomic mass is 9.84. The Morgan fingerprint density at radius 3 is 2.49 bits per heavy atom. The minimum absolute atomic E-state index is 0.132. The number of methoxy groups -OCH3 is 1. The lowest BCUT2D eigenvalue weighted by molar-refractivity contribution is -0.139. The van der Waals surface area contributed by atoms with Crippen molar-refractivity contribution in [2.45, 2.75) is 52.0 Å². The van der Waals surface area contributed by atoms with Crippen molar-refractivity contribution in [1.29, 1.82) is 0 Å². The standard InChI is InChI=1S/C29H34N2O4/c1-7-8-15-31-25(20-17-30(5)22-12-10-9-11-19(20)22)24(27(33)28(31)34)26(32)18-13-14-23(35-6)21(16-18)29(2,3)4/h9-14,16-17,25,32H,7-8,15H2,1-6H3/b26-24+. The highest BCUT2D eigenvalue weighted by Gasteiger charge is 2.46. The molecule has 1 amide bonds. The number of aliphatic hydroxyl groups excluding tert-OH is 1. The molecule has 0 aliphatic carbocycles. The molecule has 1 saturated heterocycles. The Kier molecular flexibility index (Phi) is 6.50. The van der Waals surface area contributed by atoms with Crippen molar-refractivity contribution < 1.29 is 19.4 Å². The molecule has 2 heterocycles. The van der Waals surface area contributed by atoms with Gasteiger partial charge in [-0.3, -0.25) is 9.59 Å². The first-order valence-electron chi connectivity index (χ1n) is 12.1. The Labute approximate surface area is 206 Å². The molecular weight excluding hydrogens is 440 g/mol. The van der Waals surface area contributed by atoms with E-state index in [-0.39, 0.29) is 16.7 Å². The number of hydrogen-bond donors (Lipinski definition) is 1. The van der Waals surface area contributed by atoms with E-state index in [0.29, 0.717) is 17.9 Å². The molecule has 0 spiro atoms. The molecule has 1 N–H and O–H groups in total. The minimum Gasteiger partial charge on any atom is -0.507 e. The number of carbonyl (C=O) groups is 2. The Bertz CT molecular complexity index is 1330. The fourth-order valence-corrected chi connectivity index (χ4v) is 4.95. The maximum absolute atomic E-state index is 13.4. The number of likely N-dealkylation sites (tertiary alicyclic amines) is 1. The van der Waals surface area contributed by atoms with Crippen LogP contribution < -0.4 is 4.74 Å². The number of carbonyl (C=O) groups excluding carboxylic acids is 2. The summed E-state index contributed by atoms with van der Waals surface area (Å²) in [4.78, 5) is 28.2. The van der Waals surface area contributed by atoms with E-state index in [1.54, 1.807) is 24.1 Å². The van der Waals surface area contributed by atoms with Gasteiger partial charge in [0.15, 0.2) is 0 Å². The van der Waals surface area contributed by atoms with Gasteiger partial charge in [0.1, 0.15) is 11.5 Å². The van der Waals surface area contributed by atoms with Crippen LogP contribution in [-0.4, -0.2) is 39.9 Å². The van der Waals surface area contributed by atoms with Gasteiger partial charge in [0.2, 0.25) is 0 Å². The maximum atomic E-state index is 13.4. The number of para-hydroxylation sites is 1. The molecule has 184 valence electrons. The Hall–Kier alpha value is -3.54. The molecule has 1 atom stereocenters. The van der Waals surface area contributed by atoms with E-state index in [9.17, 15) is 14.7 Å². The van der Waals surface area contributed by atoms with Crippen molar-refractivity contribution in [2.24, 2.45) is 7.05 Å². The molecule has 35 heavy (non-hydrogen) atoms. The second-order valence-corrected chi connectivity index (χ2v) is 10.2. The fourth-order valence-electron chi connectivity index (χ4n) is 4.95. The van der Waals surface area contributed by atoms with Crippen LogP contribution in [0.4, 0.5) is 0 Å².